The van der Waals surface area contributed by atoms with Crippen molar-refractivity contribution in [3.8, 4) is 5.88 Å². The third-order valence-electron chi connectivity index (χ3n) is 2.76. The van der Waals surface area contributed by atoms with Crippen LogP contribution in [0.5, 0.6) is 5.88 Å². The third kappa shape index (κ3) is 2.30. The van der Waals surface area contributed by atoms with E-state index in [2.05, 4.69) is 18.3 Å². The maximum Gasteiger partial charge on any atom is 0.261 e. The number of aromatic nitrogens is 2. The summed E-state index contributed by atoms with van der Waals surface area (Å²) < 4.78 is 7.26. The minimum Gasteiger partial charge on any atom is -0.477 e. The molecule has 5 heteroatoms. The van der Waals surface area contributed by atoms with Crippen LogP contribution in [0.2, 0.25) is 0 Å². The largest absolute Gasteiger partial charge is 0.477 e. The fourth-order valence-electron chi connectivity index (χ4n) is 1.94. The molecule has 0 saturated carbocycles. The van der Waals surface area contributed by atoms with E-state index < -0.39 is 0 Å². The summed E-state index contributed by atoms with van der Waals surface area (Å²) in [5, 5.41) is 4.17. The van der Waals surface area contributed by atoms with Crippen LogP contribution in [0.15, 0.2) is 31.5 Å². The van der Waals surface area contributed by atoms with Gasteiger partial charge in [-0.3, -0.25) is 4.79 Å². The van der Waals surface area contributed by atoms with Gasteiger partial charge in [-0.05, 0) is 0 Å². The average Bonchev–Trinajstić information content (AvgIpc) is 2.81. The molecule has 0 radical (unpaired) electrons. The Labute approximate surface area is 106 Å². The Morgan fingerprint density at radius 3 is 2.89 bits per heavy atom. The van der Waals surface area contributed by atoms with Gasteiger partial charge in [-0.2, -0.15) is 5.10 Å². The monoisotopic (exact) mass is 247 g/mol. The molecular formula is C13H17N3O2. The first-order valence-electron chi connectivity index (χ1n) is 5.97. The van der Waals surface area contributed by atoms with Gasteiger partial charge in [-0.1, -0.05) is 12.2 Å². The minimum atomic E-state index is -0.0991. The van der Waals surface area contributed by atoms with Crippen LogP contribution in [0.1, 0.15) is 16.8 Å². The van der Waals surface area contributed by atoms with E-state index in [9.17, 15) is 4.79 Å². The SMILES string of the molecule is C=CCN(CC=C)C(=O)c1cnn2c1OCCC2. The number of fused-ring (bicyclic) bond motifs is 1. The van der Waals surface area contributed by atoms with Crippen molar-refractivity contribution in [1.82, 2.24) is 14.7 Å². The molecule has 0 atom stereocenters. The number of hydrogen-bond donors (Lipinski definition) is 0. The van der Waals surface area contributed by atoms with Crippen molar-refractivity contribution in [3.05, 3.63) is 37.1 Å². The fraction of sp³-hybridized carbons (Fsp3) is 0.385. The van der Waals surface area contributed by atoms with Gasteiger partial charge in [0.1, 0.15) is 5.56 Å². The Morgan fingerprint density at radius 1 is 1.50 bits per heavy atom. The molecular weight excluding hydrogens is 230 g/mol. The Kier molecular flexibility index (Phi) is 3.82. The molecule has 0 aromatic carbocycles. The topological polar surface area (TPSA) is 47.4 Å². The summed E-state index contributed by atoms with van der Waals surface area (Å²) in [5.74, 6) is 0.474. The number of nitrogens with zero attached hydrogens (tertiary/aromatic N) is 3. The summed E-state index contributed by atoms with van der Waals surface area (Å²) >= 11 is 0. The lowest BCUT2D eigenvalue weighted by atomic mass is 10.2. The number of aryl methyl sites for hydroxylation is 1. The van der Waals surface area contributed by atoms with Crippen LogP contribution < -0.4 is 4.74 Å². The quantitative estimate of drug-likeness (QED) is 0.740. The molecule has 18 heavy (non-hydrogen) atoms. The molecule has 1 amide bonds. The van der Waals surface area contributed by atoms with Crippen molar-refractivity contribution < 1.29 is 9.53 Å². The summed E-state index contributed by atoms with van der Waals surface area (Å²) in [6.45, 7) is 9.70. The first-order valence-corrected chi connectivity index (χ1v) is 5.97. The van der Waals surface area contributed by atoms with E-state index in [0.29, 0.717) is 31.1 Å². The normalized spacial score (nSPS) is 13.3. The maximum absolute atomic E-state index is 12.4. The predicted molar refractivity (Wildman–Crippen MR) is 68.6 cm³/mol. The Morgan fingerprint density at radius 2 is 2.22 bits per heavy atom. The van der Waals surface area contributed by atoms with Crippen molar-refractivity contribution >= 4 is 5.91 Å². The van der Waals surface area contributed by atoms with E-state index in [0.717, 1.165) is 13.0 Å². The number of ether oxygens (including phenoxy) is 1. The third-order valence-corrected chi connectivity index (χ3v) is 2.76. The molecule has 0 fully saturated rings. The molecule has 0 spiro atoms. The van der Waals surface area contributed by atoms with Crippen molar-refractivity contribution in [2.75, 3.05) is 19.7 Å². The van der Waals surface area contributed by atoms with Crippen LogP contribution in [0.3, 0.4) is 0 Å². The lowest BCUT2D eigenvalue weighted by molar-refractivity contribution is 0.0784. The molecule has 2 heterocycles. The zero-order chi connectivity index (χ0) is 13.0. The summed E-state index contributed by atoms with van der Waals surface area (Å²) in [5.41, 5.74) is 0.512. The van der Waals surface area contributed by atoms with Crippen molar-refractivity contribution in [2.45, 2.75) is 13.0 Å². The van der Waals surface area contributed by atoms with Crippen molar-refractivity contribution in [3.63, 3.8) is 0 Å². The molecule has 0 saturated heterocycles. The molecule has 0 aliphatic carbocycles. The van der Waals surface area contributed by atoms with E-state index in [1.807, 2.05) is 0 Å². The number of hydrogen-bond acceptors (Lipinski definition) is 3. The standard InChI is InChI=1S/C13H17N3O2/c1-3-6-15(7-4-2)12(17)11-10-14-16-8-5-9-18-13(11)16/h3-4,10H,1-2,5-9H2. The molecule has 5 nitrogen and oxygen atoms in total. The summed E-state index contributed by atoms with van der Waals surface area (Å²) in [6.07, 6.45) is 5.88. The summed E-state index contributed by atoms with van der Waals surface area (Å²) in [7, 11) is 0. The lowest BCUT2D eigenvalue weighted by Gasteiger charge is -2.20. The Hall–Kier alpha value is -2.04. The zero-order valence-electron chi connectivity index (χ0n) is 10.3. The highest BCUT2D eigenvalue weighted by atomic mass is 16.5. The van der Waals surface area contributed by atoms with E-state index in [-0.39, 0.29) is 5.91 Å². The first kappa shape index (κ1) is 12.4. The molecule has 1 aromatic heterocycles. The maximum atomic E-state index is 12.4. The second-order valence-corrected chi connectivity index (χ2v) is 4.08. The first-order chi connectivity index (χ1) is 8.77. The smallest absolute Gasteiger partial charge is 0.261 e. The molecule has 2 rings (SSSR count). The second-order valence-electron chi connectivity index (χ2n) is 4.08. The molecule has 0 unspecified atom stereocenters. The Bertz CT molecular complexity index is 455. The number of carbonyl (C=O) groups is 1. The van der Waals surface area contributed by atoms with Crippen LogP contribution in [-0.2, 0) is 6.54 Å². The minimum absolute atomic E-state index is 0.0991. The summed E-state index contributed by atoms with van der Waals surface area (Å²) in [4.78, 5) is 14.0. The molecule has 1 aliphatic heterocycles. The second kappa shape index (κ2) is 5.53. The highest BCUT2D eigenvalue weighted by Crippen LogP contribution is 2.23. The van der Waals surface area contributed by atoms with Gasteiger partial charge in [0, 0.05) is 26.1 Å². The molecule has 1 aliphatic rings. The van der Waals surface area contributed by atoms with Gasteiger partial charge in [0.05, 0.1) is 12.8 Å². The van der Waals surface area contributed by atoms with Crippen LogP contribution in [-0.4, -0.2) is 40.3 Å². The molecule has 0 N–H and O–H groups in total. The van der Waals surface area contributed by atoms with Crippen LogP contribution in [0.25, 0.3) is 0 Å². The van der Waals surface area contributed by atoms with E-state index in [1.54, 1.807) is 27.9 Å². The highest BCUT2D eigenvalue weighted by molar-refractivity contribution is 5.96. The van der Waals surface area contributed by atoms with Gasteiger partial charge in [0.25, 0.3) is 5.91 Å². The van der Waals surface area contributed by atoms with Gasteiger partial charge in [-0.15, -0.1) is 13.2 Å². The van der Waals surface area contributed by atoms with Gasteiger partial charge >= 0.3 is 0 Å². The van der Waals surface area contributed by atoms with E-state index in [4.69, 9.17) is 4.74 Å². The van der Waals surface area contributed by atoms with Gasteiger partial charge < -0.3 is 9.64 Å². The van der Waals surface area contributed by atoms with Crippen LogP contribution >= 0.6 is 0 Å². The molecule has 1 aromatic rings. The van der Waals surface area contributed by atoms with Crippen molar-refractivity contribution in [2.24, 2.45) is 0 Å². The summed E-state index contributed by atoms with van der Waals surface area (Å²) in [6, 6.07) is 0. The van der Waals surface area contributed by atoms with Gasteiger partial charge in [0.2, 0.25) is 5.88 Å². The number of amides is 1. The van der Waals surface area contributed by atoms with Gasteiger partial charge in [0.15, 0.2) is 0 Å². The molecule has 0 bridgehead atoms. The predicted octanol–water partition coefficient (Wildman–Crippen LogP) is 1.48. The van der Waals surface area contributed by atoms with E-state index in [1.165, 1.54) is 0 Å². The lowest BCUT2D eigenvalue weighted by Crippen LogP contribution is -2.31. The number of carbonyl (C=O) groups excluding carboxylic acids is 1. The van der Waals surface area contributed by atoms with Crippen molar-refractivity contribution in [1.29, 1.82) is 0 Å². The average molecular weight is 247 g/mol. The van der Waals surface area contributed by atoms with Crippen LogP contribution in [0, 0.1) is 0 Å². The Balaban J connectivity index is 2.23. The number of rotatable bonds is 5. The highest BCUT2D eigenvalue weighted by Gasteiger charge is 2.24. The van der Waals surface area contributed by atoms with Crippen LogP contribution in [0.4, 0.5) is 0 Å². The van der Waals surface area contributed by atoms with Gasteiger partial charge in [-0.25, -0.2) is 4.68 Å². The fourth-order valence-corrected chi connectivity index (χ4v) is 1.94. The van der Waals surface area contributed by atoms with E-state index >= 15 is 0 Å². The molecule has 96 valence electrons. The zero-order valence-corrected chi connectivity index (χ0v) is 10.3.